The Morgan fingerprint density at radius 2 is 2.04 bits per heavy atom. The zero-order valence-electron chi connectivity index (χ0n) is 14.6. The molecular formula is C19H24N2O5. The van der Waals surface area contributed by atoms with Crippen molar-refractivity contribution in [3.8, 4) is 0 Å². The highest BCUT2D eigenvalue weighted by molar-refractivity contribution is 5.89. The van der Waals surface area contributed by atoms with Gasteiger partial charge in [-0.05, 0) is 18.4 Å². The summed E-state index contributed by atoms with van der Waals surface area (Å²) in [7, 11) is 0. The number of aliphatic carboxylic acids is 1. The number of amides is 2. The van der Waals surface area contributed by atoms with Crippen molar-refractivity contribution in [2.24, 2.45) is 5.92 Å². The zero-order valence-corrected chi connectivity index (χ0v) is 14.6. The van der Waals surface area contributed by atoms with E-state index in [1.165, 1.54) is 0 Å². The van der Waals surface area contributed by atoms with Gasteiger partial charge in [-0.2, -0.15) is 0 Å². The number of rotatable bonds is 5. The molecule has 2 amide bonds. The summed E-state index contributed by atoms with van der Waals surface area (Å²) in [5.74, 6) is -1.78. The summed E-state index contributed by atoms with van der Waals surface area (Å²) in [5, 5.41) is 12.1. The lowest BCUT2D eigenvalue weighted by molar-refractivity contribution is -0.149. The van der Waals surface area contributed by atoms with E-state index in [4.69, 9.17) is 4.74 Å². The molecule has 26 heavy (non-hydrogen) atoms. The first-order valence-corrected chi connectivity index (χ1v) is 8.95. The predicted octanol–water partition coefficient (Wildman–Crippen LogP) is 0.828. The summed E-state index contributed by atoms with van der Waals surface area (Å²) in [4.78, 5) is 38.4. The number of carbonyl (C=O) groups excluding carboxylic acids is 2. The summed E-state index contributed by atoms with van der Waals surface area (Å²) in [5.41, 5.74) is -0.398. The third kappa shape index (κ3) is 4.04. The molecule has 2 N–H and O–H groups in total. The molecule has 3 rings (SSSR count). The van der Waals surface area contributed by atoms with Crippen molar-refractivity contribution < 1.29 is 24.2 Å². The van der Waals surface area contributed by atoms with Gasteiger partial charge >= 0.3 is 5.97 Å². The van der Waals surface area contributed by atoms with E-state index in [9.17, 15) is 19.5 Å². The second-order valence-corrected chi connectivity index (χ2v) is 7.02. The lowest BCUT2D eigenvalue weighted by Gasteiger charge is -2.34. The molecule has 0 saturated carbocycles. The molecule has 2 atom stereocenters. The van der Waals surface area contributed by atoms with E-state index in [0.717, 1.165) is 12.0 Å². The van der Waals surface area contributed by atoms with Crippen molar-refractivity contribution in [3.05, 3.63) is 35.9 Å². The largest absolute Gasteiger partial charge is 0.479 e. The third-order valence-corrected chi connectivity index (χ3v) is 5.14. The minimum Gasteiger partial charge on any atom is -0.479 e. The Kier molecular flexibility index (Phi) is 5.56. The van der Waals surface area contributed by atoms with Gasteiger partial charge in [0.05, 0.1) is 18.9 Å². The minimum absolute atomic E-state index is 0.00847. The van der Waals surface area contributed by atoms with Crippen LogP contribution < -0.4 is 5.32 Å². The van der Waals surface area contributed by atoms with Gasteiger partial charge < -0.3 is 20.1 Å². The number of benzene rings is 1. The molecule has 2 saturated heterocycles. The van der Waals surface area contributed by atoms with Crippen molar-refractivity contribution in [1.82, 2.24) is 10.2 Å². The van der Waals surface area contributed by atoms with Crippen LogP contribution in [-0.4, -0.2) is 59.6 Å². The maximum Gasteiger partial charge on any atom is 0.331 e. The lowest BCUT2D eigenvalue weighted by atomic mass is 9.93. The van der Waals surface area contributed by atoms with E-state index in [1.54, 1.807) is 4.90 Å². The highest BCUT2D eigenvalue weighted by Gasteiger charge is 2.45. The molecule has 2 fully saturated rings. The number of hydrogen-bond donors (Lipinski definition) is 2. The second kappa shape index (κ2) is 7.86. The first-order chi connectivity index (χ1) is 12.5. The zero-order chi connectivity index (χ0) is 18.6. The van der Waals surface area contributed by atoms with Crippen LogP contribution in [0.5, 0.6) is 0 Å². The molecule has 1 aromatic rings. The number of carboxylic acid groups (broad SMARTS) is 1. The molecule has 140 valence electrons. The number of nitrogens with one attached hydrogen (secondary N) is 1. The van der Waals surface area contributed by atoms with Crippen LogP contribution in [0.25, 0.3) is 0 Å². The van der Waals surface area contributed by atoms with Gasteiger partial charge in [0.2, 0.25) is 11.8 Å². The fourth-order valence-electron chi connectivity index (χ4n) is 3.52. The van der Waals surface area contributed by atoms with Crippen LogP contribution in [0.4, 0.5) is 0 Å². The maximum absolute atomic E-state index is 12.6. The Morgan fingerprint density at radius 3 is 2.69 bits per heavy atom. The van der Waals surface area contributed by atoms with E-state index in [2.05, 4.69) is 5.32 Å². The third-order valence-electron chi connectivity index (χ3n) is 5.14. The number of piperidine rings is 1. The van der Waals surface area contributed by atoms with E-state index in [1.807, 2.05) is 30.3 Å². The molecule has 7 heteroatoms. The predicted molar refractivity (Wildman–Crippen MR) is 93.4 cm³/mol. The van der Waals surface area contributed by atoms with Gasteiger partial charge in [0.15, 0.2) is 5.54 Å². The Labute approximate surface area is 152 Å². The van der Waals surface area contributed by atoms with Gasteiger partial charge in [-0.1, -0.05) is 30.3 Å². The second-order valence-electron chi connectivity index (χ2n) is 7.02. The van der Waals surface area contributed by atoms with Crippen molar-refractivity contribution >= 4 is 17.8 Å². The quantitative estimate of drug-likeness (QED) is 0.811. The van der Waals surface area contributed by atoms with Gasteiger partial charge in [-0.15, -0.1) is 0 Å². The summed E-state index contributed by atoms with van der Waals surface area (Å²) in [6.45, 7) is 1.26. The highest BCUT2D eigenvalue weighted by Crippen LogP contribution is 2.23. The molecule has 0 radical (unpaired) electrons. The van der Waals surface area contributed by atoms with Crippen molar-refractivity contribution in [2.75, 3.05) is 26.3 Å². The van der Waals surface area contributed by atoms with Crippen molar-refractivity contribution in [1.29, 1.82) is 0 Å². The van der Waals surface area contributed by atoms with Crippen LogP contribution in [0.3, 0.4) is 0 Å². The van der Waals surface area contributed by atoms with Gasteiger partial charge in [0.25, 0.3) is 0 Å². The topological polar surface area (TPSA) is 95.9 Å². The summed E-state index contributed by atoms with van der Waals surface area (Å²) in [6.07, 6.45) is 1.95. The molecule has 2 unspecified atom stereocenters. The van der Waals surface area contributed by atoms with Gasteiger partial charge in [0, 0.05) is 26.1 Å². The highest BCUT2D eigenvalue weighted by atomic mass is 16.5. The lowest BCUT2D eigenvalue weighted by Crippen LogP contribution is -2.58. The normalized spacial score (nSPS) is 25.7. The molecule has 2 aliphatic rings. The van der Waals surface area contributed by atoms with Crippen LogP contribution >= 0.6 is 0 Å². The van der Waals surface area contributed by atoms with Crippen molar-refractivity contribution in [2.45, 2.75) is 31.2 Å². The molecule has 7 nitrogen and oxygen atoms in total. The van der Waals surface area contributed by atoms with Gasteiger partial charge in [-0.25, -0.2) is 4.79 Å². The van der Waals surface area contributed by atoms with E-state index >= 15 is 0 Å². The Balaban J connectivity index is 1.60. The van der Waals surface area contributed by atoms with E-state index < -0.39 is 11.5 Å². The summed E-state index contributed by atoms with van der Waals surface area (Å²) >= 11 is 0. The molecule has 2 aliphatic heterocycles. The average Bonchev–Trinajstić information content (AvgIpc) is 3.12. The standard InChI is InChI=1S/C19H24N2O5/c22-16(11-14-5-2-1-3-6-14)21-9-4-7-15(12-21)17(23)20-19(18(24)25)8-10-26-13-19/h1-3,5-6,15H,4,7-13H2,(H,20,23)(H,24,25). The number of carboxylic acids is 1. The van der Waals surface area contributed by atoms with Crippen LogP contribution in [0.1, 0.15) is 24.8 Å². The smallest absolute Gasteiger partial charge is 0.331 e. The Bertz CT molecular complexity index is 670. The SMILES string of the molecule is O=C(NC1(C(=O)O)CCOC1)C1CCCN(C(=O)Cc2ccccc2)C1. The van der Waals surface area contributed by atoms with E-state index in [-0.39, 0.29) is 30.8 Å². The van der Waals surface area contributed by atoms with Crippen LogP contribution in [0.2, 0.25) is 0 Å². The van der Waals surface area contributed by atoms with Crippen LogP contribution in [0.15, 0.2) is 30.3 Å². The van der Waals surface area contributed by atoms with Crippen LogP contribution in [-0.2, 0) is 25.5 Å². The minimum atomic E-state index is -1.34. The van der Waals surface area contributed by atoms with Crippen LogP contribution in [0, 0.1) is 5.92 Å². The first kappa shape index (κ1) is 18.4. The number of carbonyl (C=O) groups is 3. The Morgan fingerprint density at radius 1 is 1.27 bits per heavy atom. The average molecular weight is 360 g/mol. The molecule has 0 aliphatic carbocycles. The van der Waals surface area contributed by atoms with Gasteiger partial charge in [-0.3, -0.25) is 9.59 Å². The molecule has 0 aromatic heterocycles. The monoisotopic (exact) mass is 360 g/mol. The molecule has 0 bridgehead atoms. The number of ether oxygens (including phenoxy) is 1. The van der Waals surface area contributed by atoms with Gasteiger partial charge in [0.1, 0.15) is 0 Å². The number of nitrogens with zero attached hydrogens (tertiary/aromatic N) is 1. The van der Waals surface area contributed by atoms with Crippen molar-refractivity contribution in [3.63, 3.8) is 0 Å². The summed E-state index contributed by atoms with van der Waals surface area (Å²) in [6, 6.07) is 9.50. The fourth-order valence-corrected chi connectivity index (χ4v) is 3.52. The summed E-state index contributed by atoms with van der Waals surface area (Å²) < 4.78 is 5.18. The first-order valence-electron chi connectivity index (χ1n) is 8.95. The molecule has 0 spiro atoms. The number of hydrogen-bond acceptors (Lipinski definition) is 4. The molecule has 1 aromatic carbocycles. The Hall–Kier alpha value is -2.41. The fraction of sp³-hybridized carbons (Fsp3) is 0.526. The number of likely N-dealkylation sites (tertiary alicyclic amines) is 1. The maximum atomic E-state index is 12.6. The molecule has 2 heterocycles. The van der Waals surface area contributed by atoms with E-state index in [0.29, 0.717) is 32.5 Å². The molecular weight excluding hydrogens is 336 g/mol.